The molecule has 1 aromatic carbocycles. The van der Waals surface area contributed by atoms with Crippen molar-refractivity contribution in [1.82, 2.24) is 10.2 Å². The van der Waals surface area contributed by atoms with Crippen molar-refractivity contribution in [3.8, 4) is 0 Å². The Morgan fingerprint density at radius 3 is 2.50 bits per heavy atom. The molecule has 5 nitrogen and oxygen atoms in total. The SMILES string of the molecule is CC(C)(C)OC(=O)N1CCN(c2ccccc2C2CCCN2)CC1. The maximum atomic E-state index is 12.2. The Hall–Kier alpha value is -1.75. The van der Waals surface area contributed by atoms with Crippen molar-refractivity contribution in [3.63, 3.8) is 0 Å². The lowest BCUT2D eigenvalue weighted by Crippen LogP contribution is -2.50. The molecule has 1 atom stereocenters. The highest BCUT2D eigenvalue weighted by Crippen LogP contribution is 2.32. The van der Waals surface area contributed by atoms with Crippen molar-refractivity contribution in [2.75, 3.05) is 37.6 Å². The second kappa shape index (κ2) is 7.01. The molecule has 2 fully saturated rings. The Balaban J connectivity index is 1.64. The van der Waals surface area contributed by atoms with Gasteiger partial charge >= 0.3 is 6.09 Å². The fraction of sp³-hybridized carbons (Fsp3) is 0.632. The number of hydrogen-bond donors (Lipinski definition) is 1. The van der Waals surface area contributed by atoms with Crippen molar-refractivity contribution >= 4 is 11.8 Å². The number of rotatable bonds is 2. The van der Waals surface area contributed by atoms with Gasteiger partial charge in [-0.15, -0.1) is 0 Å². The van der Waals surface area contributed by atoms with E-state index in [-0.39, 0.29) is 6.09 Å². The summed E-state index contributed by atoms with van der Waals surface area (Å²) in [5.41, 5.74) is 2.26. The highest BCUT2D eigenvalue weighted by atomic mass is 16.6. The molecule has 0 bridgehead atoms. The van der Waals surface area contributed by atoms with Crippen LogP contribution in [0.25, 0.3) is 0 Å². The van der Waals surface area contributed by atoms with Gasteiger partial charge in [-0.3, -0.25) is 0 Å². The average Bonchev–Trinajstić information content (AvgIpc) is 3.08. The van der Waals surface area contributed by atoms with E-state index in [2.05, 4.69) is 34.5 Å². The fourth-order valence-corrected chi connectivity index (χ4v) is 3.48. The van der Waals surface area contributed by atoms with Crippen molar-refractivity contribution in [3.05, 3.63) is 29.8 Å². The molecule has 0 spiro atoms. The number of piperazine rings is 1. The first-order valence-corrected chi connectivity index (χ1v) is 8.99. The summed E-state index contributed by atoms with van der Waals surface area (Å²) in [6.45, 7) is 9.95. The van der Waals surface area contributed by atoms with E-state index in [0.29, 0.717) is 19.1 Å². The molecule has 1 unspecified atom stereocenters. The molecule has 0 aromatic heterocycles. The lowest BCUT2D eigenvalue weighted by Gasteiger charge is -2.38. The van der Waals surface area contributed by atoms with E-state index in [4.69, 9.17) is 4.74 Å². The van der Waals surface area contributed by atoms with E-state index < -0.39 is 5.60 Å². The number of para-hydroxylation sites is 1. The predicted molar refractivity (Wildman–Crippen MR) is 96.4 cm³/mol. The highest BCUT2D eigenvalue weighted by molar-refractivity contribution is 5.69. The van der Waals surface area contributed by atoms with Gasteiger partial charge in [0.05, 0.1) is 0 Å². The summed E-state index contributed by atoms with van der Waals surface area (Å²) < 4.78 is 5.48. The highest BCUT2D eigenvalue weighted by Gasteiger charge is 2.28. The van der Waals surface area contributed by atoms with Gasteiger partial charge in [0.15, 0.2) is 0 Å². The van der Waals surface area contributed by atoms with E-state index in [1.165, 1.54) is 24.1 Å². The minimum Gasteiger partial charge on any atom is -0.444 e. The molecule has 0 saturated carbocycles. The Labute approximate surface area is 145 Å². The molecule has 1 N–H and O–H groups in total. The molecule has 132 valence electrons. The number of benzene rings is 1. The zero-order chi connectivity index (χ0) is 17.2. The normalized spacial score (nSPS) is 21.9. The largest absolute Gasteiger partial charge is 0.444 e. The van der Waals surface area contributed by atoms with Crippen LogP contribution in [0.1, 0.15) is 45.2 Å². The third-order valence-corrected chi connectivity index (χ3v) is 4.64. The zero-order valence-electron chi connectivity index (χ0n) is 15.0. The van der Waals surface area contributed by atoms with Crippen LogP contribution in [0, 0.1) is 0 Å². The van der Waals surface area contributed by atoms with Crippen LogP contribution in [-0.2, 0) is 4.74 Å². The van der Waals surface area contributed by atoms with E-state index in [1.54, 1.807) is 0 Å². The molecular formula is C19H29N3O2. The molecule has 24 heavy (non-hydrogen) atoms. The summed E-state index contributed by atoms with van der Waals surface area (Å²) >= 11 is 0. The summed E-state index contributed by atoms with van der Waals surface area (Å²) in [5, 5.41) is 3.59. The molecule has 3 rings (SSSR count). The Bertz CT molecular complexity index is 568. The molecule has 2 aliphatic heterocycles. The lowest BCUT2D eigenvalue weighted by atomic mass is 10.0. The van der Waals surface area contributed by atoms with Gasteiger partial charge in [-0.25, -0.2) is 4.79 Å². The fourth-order valence-electron chi connectivity index (χ4n) is 3.48. The van der Waals surface area contributed by atoms with Crippen LogP contribution in [0.15, 0.2) is 24.3 Å². The Kier molecular flexibility index (Phi) is 4.99. The number of hydrogen-bond acceptors (Lipinski definition) is 4. The van der Waals surface area contributed by atoms with E-state index in [9.17, 15) is 4.79 Å². The number of anilines is 1. The standard InChI is InChI=1S/C19H29N3O2/c1-19(2,3)24-18(23)22-13-11-21(12-14-22)17-9-5-4-7-15(17)16-8-6-10-20-16/h4-5,7,9,16,20H,6,8,10-14H2,1-3H3. The first-order chi connectivity index (χ1) is 11.4. The van der Waals surface area contributed by atoms with Crippen LogP contribution < -0.4 is 10.2 Å². The van der Waals surface area contributed by atoms with Crippen LogP contribution in [-0.4, -0.2) is 49.3 Å². The summed E-state index contributed by atoms with van der Waals surface area (Å²) in [7, 11) is 0. The smallest absolute Gasteiger partial charge is 0.410 e. The van der Waals surface area contributed by atoms with Crippen LogP contribution in [0.5, 0.6) is 0 Å². The minimum absolute atomic E-state index is 0.201. The Morgan fingerprint density at radius 1 is 1.17 bits per heavy atom. The van der Waals surface area contributed by atoms with Crippen LogP contribution in [0.3, 0.4) is 0 Å². The van der Waals surface area contributed by atoms with Gasteiger partial charge < -0.3 is 19.9 Å². The summed E-state index contributed by atoms with van der Waals surface area (Å²) in [4.78, 5) is 16.4. The number of ether oxygens (including phenoxy) is 1. The predicted octanol–water partition coefficient (Wildman–Crippen LogP) is 3.17. The second-order valence-electron chi connectivity index (χ2n) is 7.66. The topological polar surface area (TPSA) is 44.8 Å². The number of amides is 1. The minimum atomic E-state index is -0.436. The molecule has 0 aliphatic carbocycles. The molecule has 2 heterocycles. The van der Waals surface area contributed by atoms with Crippen molar-refractivity contribution < 1.29 is 9.53 Å². The van der Waals surface area contributed by atoms with Gasteiger partial charge in [0.1, 0.15) is 5.60 Å². The first kappa shape index (κ1) is 17.1. The third kappa shape index (κ3) is 4.01. The van der Waals surface area contributed by atoms with Crippen LogP contribution >= 0.6 is 0 Å². The number of carbonyl (C=O) groups is 1. The summed E-state index contributed by atoms with van der Waals surface area (Å²) in [6, 6.07) is 9.13. The average molecular weight is 331 g/mol. The van der Waals surface area contributed by atoms with Gasteiger partial charge in [-0.05, 0) is 51.8 Å². The van der Waals surface area contributed by atoms with Gasteiger partial charge in [0.25, 0.3) is 0 Å². The van der Waals surface area contributed by atoms with E-state index in [0.717, 1.165) is 19.6 Å². The number of nitrogens with one attached hydrogen (secondary N) is 1. The van der Waals surface area contributed by atoms with E-state index in [1.807, 2.05) is 25.7 Å². The molecule has 0 radical (unpaired) electrons. The quantitative estimate of drug-likeness (QED) is 0.904. The van der Waals surface area contributed by atoms with Crippen LogP contribution in [0.4, 0.5) is 10.5 Å². The molecule has 1 aromatic rings. The van der Waals surface area contributed by atoms with Crippen molar-refractivity contribution in [1.29, 1.82) is 0 Å². The third-order valence-electron chi connectivity index (χ3n) is 4.64. The summed E-state index contributed by atoms with van der Waals surface area (Å²) in [5.74, 6) is 0. The van der Waals surface area contributed by atoms with Crippen LogP contribution in [0.2, 0.25) is 0 Å². The lowest BCUT2D eigenvalue weighted by molar-refractivity contribution is 0.0240. The van der Waals surface area contributed by atoms with Gasteiger partial charge in [0, 0.05) is 37.9 Å². The van der Waals surface area contributed by atoms with Gasteiger partial charge in [0.2, 0.25) is 0 Å². The van der Waals surface area contributed by atoms with Crippen molar-refractivity contribution in [2.45, 2.75) is 45.3 Å². The van der Waals surface area contributed by atoms with Crippen molar-refractivity contribution in [2.24, 2.45) is 0 Å². The molecule has 1 amide bonds. The first-order valence-electron chi connectivity index (χ1n) is 8.99. The second-order valence-corrected chi connectivity index (χ2v) is 7.66. The molecule has 5 heteroatoms. The zero-order valence-corrected chi connectivity index (χ0v) is 15.0. The maximum absolute atomic E-state index is 12.2. The van der Waals surface area contributed by atoms with Gasteiger partial charge in [-0.1, -0.05) is 18.2 Å². The molecule has 2 aliphatic rings. The molecule has 2 saturated heterocycles. The maximum Gasteiger partial charge on any atom is 0.410 e. The number of carbonyl (C=O) groups excluding carboxylic acids is 1. The van der Waals surface area contributed by atoms with Gasteiger partial charge in [-0.2, -0.15) is 0 Å². The molecular weight excluding hydrogens is 302 g/mol. The Morgan fingerprint density at radius 2 is 1.88 bits per heavy atom. The van der Waals surface area contributed by atoms with E-state index >= 15 is 0 Å². The monoisotopic (exact) mass is 331 g/mol. The number of nitrogens with zero attached hydrogens (tertiary/aromatic N) is 2. The summed E-state index contributed by atoms with van der Waals surface area (Å²) in [6.07, 6.45) is 2.24.